The molecule has 2 nitrogen and oxygen atoms in total. The molecular formula is C18H23NOS. The number of benzene rings is 2. The number of rotatable bonds is 6. The molecule has 1 N–H and O–H groups in total. The zero-order valence-electron chi connectivity index (χ0n) is 13.1. The van der Waals surface area contributed by atoms with Crippen LogP contribution in [0, 0.1) is 0 Å². The molecule has 2 aromatic carbocycles. The van der Waals surface area contributed by atoms with Crippen LogP contribution < -0.4 is 10.1 Å². The van der Waals surface area contributed by atoms with Gasteiger partial charge in [-0.25, -0.2) is 0 Å². The molecule has 0 bridgehead atoms. The predicted octanol–water partition coefficient (Wildman–Crippen LogP) is 4.83. The van der Waals surface area contributed by atoms with Gasteiger partial charge in [0.05, 0.1) is 7.11 Å². The molecule has 0 saturated heterocycles. The van der Waals surface area contributed by atoms with E-state index in [2.05, 4.69) is 61.8 Å². The second-order valence-electron chi connectivity index (χ2n) is 5.16. The van der Waals surface area contributed by atoms with E-state index in [4.69, 9.17) is 4.74 Å². The Labute approximate surface area is 131 Å². The summed E-state index contributed by atoms with van der Waals surface area (Å²) in [6, 6.07) is 17.6. The molecule has 0 spiro atoms. The molecule has 0 fully saturated rings. The maximum Gasteiger partial charge on any atom is 0.118 e. The van der Waals surface area contributed by atoms with E-state index in [1.807, 2.05) is 12.1 Å². The summed E-state index contributed by atoms with van der Waals surface area (Å²) < 4.78 is 5.20. The average molecular weight is 301 g/mol. The lowest BCUT2D eigenvalue weighted by Gasteiger charge is -2.21. The average Bonchev–Trinajstić information content (AvgIpc) is 2.55. The maximum absolute atomic E-state index is 5.20. The Hall–Kier alpha value is -1.45. The van der Waals surface area contributed by atoms with Crippen molar-refractivity contribution in [2.45, 2.75) is 30.8 Å². The summed E-state index contributed by atoms with van der Waals surface area (Å²) in [5, 5.41) is 3.64. The van der Waals surface area contributed by atoms with E-state index in [1.54, 1.807) is 18.9 Å². The number of hydrogen-bond donors (Lipinski definition) is 1. The minimum atomic E-state index is 0.297. The summed E-state index contributed by atoms with van der Waals surface area (Å²) >= 11 is 1.77. The van der Waals surface area contributed by atoms with Crippen LogP contribution in [0.3, 0.4) is 0 Å². The SMILES string of the molecule is COc1ccc([C@@H](C)NC(C)c2ccc(SC)cc2)cc1. The quantitative estimate of drug-likeness (QED) is 0.772. The molecule has 112 valence electrons. The lowest BCUT2D eigenvalue weighted by Crippen LogP contribution is -2.22. The summed E-state index contributed by atoms with van der Waals surface area (Å²) in [6.07, 6.45) is 2.10. The van der Waals surface area contributed by atoms with Gasteiger partial charge >= 0.3 is 0 Å². The molecule has 2 atom stereocenters. The smallest absolute Gasteiger partial charge is 0.118 e. The van der Waals surface area contributed by atoms with Crippen molar-refractivity contribution >= 4 is 11.8 Å². The van der Waals surface area contributed by atoms with Gasteiger partial charge < -0.3 is 10.1 Å². The van der Waals surface area contributed by atoms with Gasteiger partial charge in [-0.3, -0.25) is 0 Å². The highest BCUT2D eigenvalue weighted by molar-refractivity contribution is 7.98. The second kappa shape index (κ2) is 7.53. The van der Waals surface area contributed by atoms with Gasteiger partial charge in [-0.05, 0) is 55.5 Å². The standard InChI is InChI=1S/C18H23NOS/c1-13(15-5-9-17(20-3)10-6-15)19-14(2)16-7-11-18(21-4)12-8-16/h5-14,19H,1-4H3/t13-,14?/m1/s1. The predicted molar refractivity (Wildman–Crippen MR) is 91.2 cm³/mol. The van der Waals surface area contributed by atoms with Crippen LogP contribution in [0.2, 0.25) is 0 Å². The van der Waals surface area contributed by atoms with Crippen molar-refractivity contribution in [3.63, 3.8) is 0 Å². The fourth-order valence-corrected chi connectivity index (χ4v) is 2.76. The monoisotopic (exact) mass is 301 g/mol. The Morgan fingerprint density at radius 3 is 1.76 bits per heavy atom. The van der Waals surface area contributed by atoms with E-state index < -0.39 is 0 Å². The summed E-state index contributed by atoms with van der Waals surface area (Å²) in [4.78, 5) is 1.30. The minimum absolute atomic E-state index is 0.297. The van der Waals surface area contributed by atoms with Gasteiger partial charge in [0.1, 0.15) is 5.75 Å². The first-order valence-corrected chi connectivity index (χ1v) is 8.40. The lowest BCUT2D eigenvalue weighted by atomic mass is 10.0. The summed E-state index contributed by atoms with van der Waals surface area (Å²) in [5.41, 5.74) is 2.58. The van der Waals surface area contributed by atoms with Crippen molar-refractivity contribution in [1.29, 1.82) is 0 Å². The summed E-state index contributed by atoms with van der Waals surface area (Å²) in [5.74, 6) is 0.895. The molecule has 0 heterocycles. The topological polar surface area (TPSA) is 21.3 Å². The van der Waals surface area contributed by atoms with Crippen LogP contribution in [0.25, 0.3) is 0 Å². The Morgan fingerprint density at radius 1 is 0.857 bits per heavy atom. The third kappa shape index (κ3) is 4.26. The van der Waals surface area contributed by atoms with E-state index in [-0.39, 0.29) is 0 Å². The minimum Gasteiger partial charge on any atom is -0.497 e. The molecule has 0 aliphatic rings. The van der Waals surface area contributed by atoms with Gasteiger partial charge in [-0.1, -0.05) is 24.3 Å². The van der Waals surface area contributed by atoms with E-state index >= 15 is 0 Å². The first-order chi connectivity index (χ1) is 10.1. The second-order valence-corrected chi connectivity index (χ2v) is 6.04. The lowest BCUT2D eigenvalue weighted by molar-refractivity contribution is 0.414. The number of thioether (sulfide) groups is 1. The van der Waals surface area contributed by atoms with Crippen molar-refractivity contribution in [3.8, 4) is 5.75 Å². The molecule has 0 aliphatic carbocycles. The maximum atomic E-state index is 5.20. The molecular weight excluding hydrogens is 278 g/mol. The number of nitrogens with one attached hydrogen (secondary N) is 1. The van der Waals surface area contributed by atoms with Crippen LogP contribution in [-0.2, 0) is 0 Å². The van der Waals surface area contributed by atoms with E-state index in [0.29, 0.717) is 12.1 Å². The normalized spacial score (nSPS) is 13.7. The summed E-state index contributed by atoms with van der Waals surface area (Å²) in [7, 11) is 1.69. The van der Waals surface area contributed by atoms with Gasteiger partial charge in [0.25, 0.3) is 0 Å². The fraction of sp³-hybridized carbons (Fsp3) is 0.333. The molecule has 1 unspecified atom stereocenters. The zero-order valence-corrected chi connectivity index (χ0v) is 13.9. The van der Waals surface area contributed by atoms with Crippen LogP contribution in [0.5, 0.6) is 5.75 Å². The highest BCUT2D eigenvalue weighted by Crippen LogP contribution is 2.23. The largest absolute Gasteiger partial charge is 0.497 e. The van der Waals surface area contributed by atoms with E-state index in [9.17, 15) is 0 Å². The Balaban J connectivity index is 2.01. The molecule has 2 rings (SSSR count). The van der Waals surface area contributed by atoms with Crippen LogP contribution in [0.4, 0.5) is 0 Å². The fourth-order valence-electron chi connectivity index (χ4n) is 2.35. The van der Waals surface area contributed by atoms with Gasteiger partial charge in [0.2, 0.25) is 0 Å². The molecule has 0 amide bonds. The number of ether oxygens (including phenoxy) is 1. The number of methoxy groups -OCH3 is 1. The Morgan fingerprint density at radius 2 is 1.33 bits per heavy atom. The summed E-state index contributed by atoms with van der Waals surface area (Å²) in [6.45, 7) is 4.39. The van der Waals surface area contributed by atoms with Crippen LogP contribution in [0.1, 0.15) is 37.1 Å². The van der Waals surface area contributed by atoms with Crippen molar-refractivity contribution in [2.75, 3.05) is 13.4 Å². The van der Waals surface area contributed by atoms with Crippen molar-refractivity contribution < 1.29 is 4.74 Å². The molecule has 0 aliphatic heterocycles. The molecule has 0 saturated carbocycles. The van der Waals surface area contributed by atoms with Crippen LogP contribution in [-0.4, -0.2) is 13.4 Å². The van der Waals surface area contributed by atoms with Crippen molar-refractivity contribution in [3.05, 3.63) is 59.7 Å². The zero-order chi connectivity index (χ0) is 15.2. The first kappa shape index (κ1) is 15.9. The molecule has 0 aromatic heterocycles. The molecule has 21 heavy (non-hydrogen) atoms. The number of hydrogen-bond acceptors (Lipinski definition) is 3. The van der Waals surface area contributed by atoms with Crippen LogP contribution >= 0.6 is 11.8 Å². The van der Waals surface area contributed by atoms with Crippen molar-refractivity contribution in [2.24, 2.45) is 0 Å². The molecule has 3 heteroatoms. The van der Waals surface area contributed by atoms with Gasteiger partial charge in [0, 0.05) is 17.0 Å². The highest BCUT2D eigenvalue weighted by atomic mass is 32.2. The van der Waals surface area contributed by atoms with Gasteiger partial charge in [-0.15, -0.1) is 11.8 Å². The third-order valence-electron chi connectivity index (χ3n) is 3.73. The van der Waals surface area contributed by atoms with E-state index in [0.717, 1.165) is 5.75 Å². The van der Waals surface area contributed by atoms with Gasteiger partial charge in [-0.2, -0.15) is 0 Å². The third-order valence-corrected chi connectivity index (χ3v) is 4.48. The molecule has 2 aromatic rings. The van der Waals surface area contributed by atoms with E-state index in [1.165, 1.54) is 16.0 Å². The Bertz CT molecular complexity index is 499. The molecule has 0 radical (unpaired) electrons. The van der Waals surface area contributed by atoms with Crippen LogP contribution in [0.15, 0.2) is 53.4 Å². The van der Waals surface area contributed by atoms with Gasteiger partial charge in [0.15, 0.2) is 0 Å². The highest BCUT2D eigenvalue weighted by Gasteiger charge is 2.11. The first-order valence-electron chi connectivity index (χ1n) is 7.18. The van der Waals surface area contributed by atoms with Crippen molar-refractivity contribution in [1.82, 2.24) is 5.32 Å². The Kier molecular flexibility index (Phi) is 5.71.